The molecule has 2 rings (SSSR count). The smallest absolute Gasteiger partial charge is 0.201 e. The second-order valence-electron chi connectivity index (χ2n) is 5.65. The van der Waals surface area contributed by atoms with E-state index in [2.05, 4.69) is 6.92 Å². The van der Waals surface area contributed by atoms with E-state index in [0.717, 1.165) is 25.7 Å². The van der Waals surface area contributed by atoms with Crippen LogP contribution in [0.15, 0.2) is 24.5 Å². The van der Waals surface area contributed by atoms with E-state index < -0.39 is 17.2 Å². The lowest BCUT2D eigenvalue weighted by molar-refractivity contribution is -0.0136. The van der Waals surface area contributed by atoms with Crippen LogP contribution in [0.3, 0.4) is 0 Å². The maximum Gasteiger partial charge on any atom is 0.201 e. The number of halogens is 2. The minimum Gasteiger partial charge on any atom is -0.491 e. The highest BCUT2D eigenvalue weighted by Crippen LogP contribution is 2.41. The van der Waals surface area contributed by atoms with Gasteiger partial charge < -0.3 is 9.47 Å². The summed E-state index contributed by atoms with van der Waals surface area (Å²) in [6.45, 7) is 4.16. The van der Waals surface area contributed by atoms with Crippen LogP contribution in [0.2, 0.25) is 0 Å². The topological polar surface area (TPSA) is 18.5 Å². The van der Waals surface area contributed by atoms with Gasteiger partial charge in [0, 0.05) is 5.56 Å². The number of hydrogen-bond donors (Lipinski definition) is 0. The molecule has 0 radical (unpaired) electrons. The highest BCUT2D eigenvalue weighted by Gasteiger charge is 2.38. The predicted molar refractivity (Wildman–Crippen MR) is 82.8 cm³/mol. The summed E-state index contributed by atoms with van der Waals surface area (Å²) >= 11 is 0. The van der Waals surface area contributed by atoms with E-state index in [1.165, 1.54) is 6.07 Å². The van der Waals surface area contributed by atoms with Gasteiger partial charge in [0.25, 0.3) is 0 Å². The van der Waals surface area contributed by atoms with Crippen LogP contribution in [0.4, 0.5) is 8.78 Å². The molecule has 0 saturated heterocycles. The third kappa shape index (κ3) is 3.42. The summed E-state index contributed by atoms with van der Waals surface area (Å²) in [4.78, 5) is 0. The molecule has 1 unspecified atom stereocenters. The number of ether oxygens (including phenoxy) is 2. The fraction of sp³-hybridized carbons (Fsp3) is 0.556. The van der Waals surface area contributed by atoms with Crippen molar-refractivity contribution in [1.29, 1.82) is 0 Å². The van der Waals surface area contributed by atoms with E-state index >= 15 is 0 Å². The number of unbranched alkanes of at least 4 members (excludes halogenated alkanes) is 2. The molecule has 1 aromatic rings. The van der Waals surface area contributed by atoms with Crippen molar-refractivity contribution in [3.8, 4) is 5.75 Å². The molecular weight excluding hydrogens is 286 g/mol. The van der Waals surface area contributed by atoms with Crippen LogP contribution >= 0.6 is 0 Å². The van der Waals surface area contributed by atoms with Gasteiger partial charge in [-0.1, -0.05) is 19.8 Å². The van der Waals surface area contributed by atoms with E-state index in [-0.39, 0.29) is 5.75 Å². The van der Waals surface area contributed by atoms with Crippen LogP contribution in [-0.2, 0) is 10.3 Å². The average molecular weight is 310 g/mol. The molecular formula is C18H24F2O2. The summed E-state index contributed by atoms with van der Waals surface area (Å²) in [6, 6.07) is 3.11. The van der Waals surface area contributed by atoms with Gasteiger partial charge in [0.2, 0.25) is 5.82 Å². The molecule has 0 N–H and O–H groups in total. The zero-order chi connectivity index (χ0) is 16.0. The summed E-state index contributed by atoms with van der Waals surface area (Å²) in [5.74, 6) is -1.82. The Morgan fingerprint density at radius 1 is 1.18 bits per heavy atom. The Kier molecular flexibility index (Phi) is 5.81. The normalized spacial score (nSPS) is 20.7. The average Bonchev–Trinajstić information content (AvgIpc) is 2.53. The molecule has 0 fully saturated rings. The first-order valence-corrected chi connectivity index (χ1v) is 8.08. The monoisotopic (exact) mass is 310 g/mol. The van der Waals surface area contributed by atoms with Crippen molar-refractivity contribution in [3.05, 3.63) is 41.7 Å². The van der Waals surface area contributed by atoms with Crippen molar-refractivity contribution in [2.24, 2.45) is 0 Å². The SMILES string of the molecule is CCCCCC1(c2ccc(OCC)c(F)c2F)CCC=CO1. The lowest BCUT2D eigenvalue weighted by atomic mass is 9.82. The summed E-state index contributed by atoms with van der Waals surface area (Å²) in [6.07, 6.45) is 8.75. The first kappa shape index (κ1) is 16.8. The minimum absolute atomic E-state index is 0.0428. The highest BCUT2D eigenvalue weighted by atomic mass is 19.2. The Morgan fingerprint density at radius 2 is 2.00 bits per heavy atom. The van der Waals surface area contributed by atoms with Gasteiger partial charge in [0.1, 0.15) is 5.60 Å². The maximum atomic E-state index is 14.6. The van der Waals surface area contributed by atoms with Crippen molar-refractivity contribution in [3.63, 3.8) is 0 Å². The Hall–Kier alpha value is -1.58. The first-order chi connectivity index (χ1) is 10.6. The lowest BCUT2D eigenvalue weighted by Crippen LogP contribution is -2.31. The Morgan fingerprint density at radius 3 is 2.64 bits per heavy atom. The van der Waals surface area contributed by atoms with Gasteiger partial charge in [-0.3, -0.25) is 0 Å². The zero-order valence-corrected chi connectivity index (χ0v) is 13.3. The summed E-state index contributed by atoms with van der Waals surface area (Å²) in [5, 5.41) is 0. The minimum atomic E-state index is -0.924. The Bertz CT molecular complexity index is 528. The molecule has 4 heteroatoms. The molecule has 0 bridgehead atoms. The highest BCUT2D eigenvalue weighted by molar-refractivity contribution is 5.35. The molecule has 0 saturated carbocycles. The van der Waals surface area contributed by atoms with Crippen LogP contribution in [0.25, 0.3) is 0 Å². The largest absolute Gasteiger partial charge is 0.491 e. The molecule has 22 heavy (non-hydrogen) atoms. The molecule has 1 aliphatic rings. The number of rotatable bonds is 7. The molecule has 1 heterocycles. The van der Waals surface area contributed by atoms with Crippen LogP contribution in [0.5, 0.6) is 5.75 Å². The molecule has 122 valence electrons. The quantitative estimate of drug-likeness (QED) is 0.622. The fourth-order valence-electron chi connectivity index (χ4n) is 2.95. The van der Waals surface area contributed by atoms with Gasteiger partial charge in [-0.05, 0) is 50.8 Å². The third-order valence-electron chi connectivity index (χ3n) is 4.13. The summed E-state index contributed by atoms with van der Waals surface area (Å²) < 4.78 is 39.7. The van der Waals surface area contributed by atoms with E-state index in [0.29, 0.717) is 25.0 Å². The molecule has 0 aliphatic carbocycles. The second-order valence-corrected chi connectivity index (χ2v) is 5.65. The van der Waals surface area contributed by atoms with Crippen LogP contribution in [0.1, 0.15) is 57.9 Å². The summed E-state index contributed by atoms with van der Waals surface area (Å²) in [5.41, 5.74) is -0.464. The molecule has 1 atom stereocenters. The number of allylic oxidation sites excluding steroid dienone is 1. The van der Waals surface area contributed by atoms with Gasteiger partial charge in [0.15, 0.2) is 11.6 Å². The van der Waals surface area contributed by atoms with E-state index in [9.17, 15) is 8.78 Å². The van der Waals surface area contributed by atoms with Crippen molar-refractivity contribution in [1.82, 2.24) is 0 Å². The van der Waals surface area contributed by atoms with Gasteiger partial charge in [-0.2, -0.15) is 4.39 Å². The van der Waals surface area contributed by atoms with Crippen LogP contribution < -0.4 is 4.74 Å². The fourth-order valence-corrected chi connectivity index (χ4v) is 2.95. The number of hydrogen-bond acceptors (Lipinski definition) is 2. The van der Waals surface area contributed by atoms with Gasteiger partial charge in [-0.25, -0.2) is 4.39 Å². The molecule has 0 spiro atoms. The number of benzene rings is 1. The van der Waals surface area contributed by atoms with Crippen molar-refractivity contribution in [2.45, 2.75) is 58.0 Å². The lowest BCUT2D eigenvalue weighted by Gasteiger charge is -2.36. The van der Waals surface area contributed by atoms with Crippen LogP contribution in [-0.4, -0.2) is 6.61 Å². The molecule has 1 aromatic carbocycles. The van der Waals surface area contributed by atoms with E-state index in [1.807, 2.05) is 6.08 Å². The van der Waals surface area contributed by atoms with Crippen LogP contribution in [0, 0.1) is 11.6 Å². The molecule has 2 nitrogen and oxygen atoms in total. The van der Waals surface area contributed by atoms with Crippen molar-refractivity contribution in [2.75, 3.05) is 6.61 Å². The predicted octanol–water partition coefficient (Wildman–Crippen LogP) is 5.46. The third-order valence-corrected chi connectivity index (χ3v) is 4.13. The van der Waals surface area contributed by atoms with Gasteiger partial charge in [0.05, 0.1) is 12.9 Å². The first-order valence-electron chi connectivity index (χ1n) is 8.08. The van der Waals surface area contributed by atoms with E-state index in [4.69, 9.17) is 9.47 Å². The maximum absolute atomic E-state index is 14.6. The summed E-state index contributed by atoms with van der Waals surface area (Å²) in [7, 11) is 0. The van der Waals surface area contributed by atoms with E-state index in [1.54, 1.807) is 19.3 Å². The van der Waals surface area contributed by atoms with Gasteiger partial charge in [-0.15, -0.1) is 0 Å². The van der Waals surface area contributed by atoms with Crippen molar-refractivity contribution < 1.29 is 18.3 Å². The zero-order valence-electron chi connectivity index (χ0n) is 13.3. The second kappa shape index (κ2) is 7.61. The van der Waals surface area contributed by atoms with Gasteiger partial charge >= 0.3 is 0 Å². The Balaban J connectivity index is 2.35. The molecule has 1 aliphatic heterocycles. The Labute approximate surface area is 131 Å². The molecule has 0 aromatic heterocycles. The van der Waals surface area contributed by atoms with Crippen molar-refractivity contribution >= 4 is 0 Å². The standard InChI is InChI=1S/C18H24F2O2/c1-3-5-6-11-18(12-7-8-13-22-18)14-9-10-15(21-4-2)17(20)16(14)19/h8-10,13H,3-7,11-12H2,1-2H3. The molecule has 0 amide bonds.